The normalized spacial score (nSPS) is 40.4. The number of ether oxygens (including phenoxy) is 1. The van der Waals surface area contributed by atoms with Gasteiger partial charge >= 0.3 is 0 Å². The highest BCUT2D eigenvalue weighted by molar-refractivity contribution is 5.18. The van der Waals surface area contributed by atoms with E-state index in [1.165, 1.54) is 18.4 Å². The van der Waals surface area contributed by atoms with Crippen LogP contribution in [0, 0.1) is 17.3 Å². The Morgan fingerprint density at radius 2 is 2.05 bits per heavy atom. The molecule has 2 aliphatic carbocycles. The van der Waals surface area contributed by atoms with Crippen LogP contribution in [0.25, 0.3) is 0 Å². The Morgan fingerprint density at radius 1 is 1.19 bits per heavy atom. The molecule has 0 N–H and O–H groups in total. The van der Waals surface area contributed by atoms with Crippen LogP contribution in [0.2, 0.25) is 0 Å². The van der Waals surface area contributed by atoms with Crippen LogP contribution in [0.1, 0.15) is 25.3 Å². The molecule has 4 aliphatic rings. The molecular weight excluding hydrogens is 264 g/mol. The van der Waals surface area contributed by atoms with E-state index >= 15 is 0 Å². The van der Waals surface area contributed by atoms with Crippen molar-refractivity contribution < 1.29 is 14.5 Å². The Bertz CT molecular complexity index is 527. The first kappa shape index (κ1) is 13.5. The second-order valence-corrected chi connectivity index (χ2v) is 6.79. The van der Waals surface area contributed by atoms with Crippen LogP contribution in [-0.4, -0.2) is 18.8 Å². The van der Waals surface area contributed by atoms with Crippen molar-refractivity contribution >= 4 is 0 Å². The molecule has 2 heterocycles. The summed E-state index contributed by atoms with van der Waals surface area (Å²) in [5.74, 6) is 1.09. The molecule has 2 bridgehead atoms. The predicted octanol–water partition coefficient (Wildman–Crippen LogP) is 3.50. The third-order valence-electron chi connectivity index (χ3n) is 5.52. The minimum Gasteiger partial charge on any atom is -0.376 e. The summed E-state index contributed by atoms with van der Waals surface area (Å²) < 4.78 is 5.98. The number of benzene rings is 1. The average Bonchev–Trinajstić information content (AvgIpc) is 2.89. The molecule has 0 aromatic heterocycles. The van der Waals surface area contributed by atoms with Gasteiger partial charge < -0.3 is 4.74 Å². The van der Waals surface area contributed by atoms with E-state index in [-0.39, 0.29) is 17.6 Å². The Morgan fingerprint density at radius 3 is 2.81 bits per heavy atom. The summed E-state index contributed by atoms with van der Waals surface area (Å²) in [6.07, 6.45) is 6.98. The molecule has 0 radical (unpaired) electrons. The van der Waals surface area contributed by atoms with E-state index in [1.54, 1.807) is 0 Å². The van der Waals surface area contributed by atoms with Gasteiger partial charge in [0.25, 0.3) is 0 Å². The molecule has 21 heavy (non-hydrogen) atoms. The van der Waals surface area contributed by atoms with Gasteiger partial charge in [-0.25, -0.2) is 9.78 Å². The first-order chi connectivity index (χ1) is 10.3. The molecular formula is C18H22O3. The summed E-state index contributed by atoms with van der Waals surface area (Å²) in [6, 6.07) is 10.4. The summed E-state index contributed by atoms with van der Waals surface area (Å²) >= 11 is 0. The average molecular weight is 286 g/mol. The molecule has 1 saturated carbocycles. The van der Waals surface area contributed by atoms with Gasteiger partial charge in [0.1, 0.15) is 12.2 Å². The fourth-order valence-corrected chi connectivity index (χ4v) is 4.35. The minimum absolute atomic E-state index is 0.104. The molecule has 1 aromatic carbocycles. The highest BCUT2D eigenvalue weighted by atomic mass is 17.2. The Kier molecular flexibility index (Phi) is 3.37. The molecule has 2 aliphatic heterocycles. The van der Waals surface area contributed by atoms with E-state index in [0.717, 1.165) is 6.61 Å². The number of fused-ring (bicyclic) bond motifs is 1. The first-order valence-corrected chi connectivity index (χ1v) is 7.89. The van der Waals surface area contributed by atoms with E-state index in [1.807, 2.05) is 6.07 Å². The van der Waals surface area contributed by atoms with Crippen LogP contribution >= 0.6 is 0 Å². The maximum absolute atomic E-state index is 5.98. The van der Waals surface area contributed by atoms with Crippen LogP contribution in [0.15, 0.2) is 42.5 Å². The topological polar surface area (TPSA) is 27.7 Å². The van der Waals surface area contributed by atoms with Gasteiger partial charge in [-0.2, -0.15) is 0 Å². The zero-order chi connectivity index (χ0) is 14.3. The van der Waals surface area contributed by atoms with Gasteiger partial charge in [-0.1, -0.05) is 49.4 Å². The maximum atomic E-state index is 5.98. The summed E-state index contributed by atoms with van der Waals surface area (Å²) in [5, 5.41) is 0. The van der Waals surface area contributed by atoms with Gasteiger partial charge in [0.05, 0.1) is 13.2 Å². The van der Waals surface area contributed by atoms with Crippen LogP contribution in [0.3, 0.4) is 0 Å². The van der Waals surface area contributed by atoms with Gasteiger partial charge in [0.15, 0.2) is 0 Å². The summed E-state index contributed by atoms with van der Waals surface area (Å²) in [4.78, 5) is 11.0. The van der Waals surface area contributed by atoms with E-state index < -0.39 is 0 Å². The first-order valence-electron chi connectivity index (χ1n) is 7.89. The zero-order valence-corrected chi connectivity index (χ0v) is 12.4. The van der Waals surface area contributed by atoms with Crippen LogP contribution in [0.5, 0.6) is 0 Å². The zero-order valence-electron chi connectivity index (χ0n) is 12.4. The molecule has 2 fully saturated rings. The lowest BCUT2D eigenvalue weighted by molar-refractivity contribution is -0.404. The molecule has 0 amide bonds. The Labute approximate surface area is 125 Å². The van der Waals surface area contributed by atoms with Gasteiger partial charge in [-0.05, 0) is 24.3 Å². The van der Waals surface area contributed by atoms with Crippen molar-refractivity contribution in [1.29, 1.82) is 0 Å². The molecule has 1 aromatic rings. The molecule has 112 valence electrons. The lowest BCUT2D eigenvalue weighted by Crippen LogP contribution is -2.52. The van der Waals surface area contributed by atoms with Crippen molar-refractivity contribution in [3.8, 4) is 0 Å². The van der Waals surface area contributed by atoms with Gasteiger partial charge in [-0.3, -0.25) is 0 Å². The van der Waals surface area contributed by atoms with E-state index in [4.69, 9.17) is 14.5 Å². The summed E-state index contributed by atoms with van der Waals surface area (Å²) in [5.41, 5.74) is 1.46. The summed E-state index contributed by atoms with van der Waals surface area (Å²) in [6.45, 7) is 3.86. The third kappa shape index (κ3) is 2.24. The van der Waals surface area contributed by atoms with E-state index in [0.29, 0.717) is 18.4 Å². The largest absolute Gasteiger partial charge is 0.376 e. The molecule has 0 spiro atoms. The monoisotopic (exact) mass is 286 g/mol. The van der Waals surface area contributed by atoms with Crippen LogP contribution in [-0.2, 0) is 21.1 Å². The third-order valence-corrected chi connectivity index (χ3v) is 5.52. The molecule has 0 unspecified atom stereocenters. The van der Waals surface area contributed by atoms with Crippen molar-refractivity contribution in [2.45, 2.75) is 38.6 Å². The summed E-state index contributed by atoms with van der Waals surface area (Å²) in [7, 11) is 0. The van der Waals surface area contributed by atoms with Crippen molar-refractivity contribution in [1.82, 2.24) is 0 Å². The maximum Gasteiger partial charge on any atom is 0.117 e. The van der Waals surface area contributed by atoms with Gasteiger partial charge in [0, 0.05) is 11.3 Å². The van der Waals surface area contributed by atoms with Crippen LogP contribution < -0.4 is 0 Å². The highest BCUT2D eigenvalue weighted by Crippen LogP contribution is 2.57. The highest BCUT2D eigenvalue weighted by Gasteiger charge is 2.58. The second kappa shape index (κ2) is 5.24. The minimum atomic E-state index is 0.104. The smallest absolute Gasteiger partial charge is 0.117 e. The quantitative estimate of drug-likeness (QED) is 0.626. The molecule has 1 saturated heterocycles. The van der Waals surface area contributed by atoms with Crippen LogP contribution in [0.4, 0.5) is 0 Å². The van der Waals surface area contributed by atoms with Crippen molar-refractivity contribution in [2.24, 2.45) is 17.3 Å². The van der Waals surface area contributed by atoms with Gasteiger partial charge in [-0.15, -0.1) is 0 Å². The Balaban J connectivity index is 1.40. The van der Waals surface area contributed by atoms with E-state index in [9.17, 15) is 0 Å². The fraction of sp³-hybridized carbons (Fsp3) is 0.556. The molecule has 3 nitrogen and oxygen atoms in total. The van der Waals surface area contributed by atoms with Crippen molar-refractivity contribution in [2.75, 3.05) is 6.61 Å². The number of hydrogen-bond acceptors (Lipinski definition) is 3. The fourth-order valence-electron chi connectivity index (χ4n) is 4.35. The lowest BCUT2D eigenvalue weighted by Gasteiger charge is -2.48. The molecule has 5 rings (SSSR count). The molecule has 3 heteroatoms. The van der Waals surface area contributed by atoms with Crippen molar-refractivity contribution in [3.63, 3.8) is 0 Å². The second-order valence-electron chi connectivity index (χ2n) is 6.79. The molecule has 5 atom stereocenters. The SMILES string of the molecule is C[C@]12CC[C@@H](COCc3ccccc3)[C@H]1[C@@H]1C=C[C@H]2OO1. The van der Waals surface area contributed by atoms with Gasteiger partial charge in [0.2, 0.25) is 0 Å². The van der Waals surface area contributed by atoms with Crippen molar-refractivity contribution in [3.05, 3.63) is 48.0 Å². The Hall–Kier alpha value is -1.16. The number of rotatable bonds is 4. The number of hydrogen-bond donors (Lipinski definition) is 0. The lowest BCUT2D eigenvalue weighted by atomic mass is 9.66. The van der Waals surface area contributed by atoms with E-state index in [2.05, 4.69) is 43.3 Å². The standard InChI is InChI=1S/C18H22O3/c1-18-10-9-14(12-19-11-13-5-3-2-4-6-13)17(18)15-7-8-16(18)21-20-15/h2-8,14-17H,9-12H2,1H3/t14-,15-,16+,17-,18+/m0/s1. The predicted molar refractivity (Wildman–Crippen MR) is 79.3 cm³/mol.